The number of halogens is 1. The smallest absolute Gasteiger partial charge is 0.270 e. The predicted octanol–water partition coefficient (Wildman–Crippen LogP) is 0.393. The van der Waals surface area contributed by atoms with E-state index in [1.807, 2.05) is 0 Å². The van der Waals surface area contributed by atoms with Crippen LogP contribution in [0.25, 0.3) is 0 Å². The molecule has 0 N–H and O–H groups in total. The zero-order chi connectivity index (χ0) is 15.8. The van der Waals surface area contributed by atoms with E-state index < -0.39 is 19.1 Å². The minimum absolute atomic E-state index is 0.0812. The Morgan fingerprint density at radius 1 is 1.19 bits per heavy atom. The zero-order valence-corrected chi connectivity index (χ0v) is 14.2. The molecule has 0 spiro atoms. The highest BCUT2D eigenvalue weighted by atomic mass is 35.7. The summed E-state index contributed by atoms with van der Waals surface area (Å²) in [6.07, 6.45) is 1.13. The standard InChI is InChI=1S/C10H13ClN2O5S3/c1-20(15,16)13-4-2-12(3-5-13)10(14)8-6-9(19-7-8)21(11,17)18/h6-7H,2-5H2,1H3. The summed E-state index contributed by atoms with van der Waals surface area (Å²) >= 11 is 0.880. The Hall–Kier alpha value is -0.680. The van der Waals surface area contributed by atoms with Gasteiger partial charge in [-0.3, -0.25) is 4.79 Å². The quantitative estimate of drug-likeness (QED) is 0.716. The highest BCUT2D eigenvalue weighted by Crippen LogP contribution is 2.24. The number of thiophene rings is 1. The Labute approximate surface area is 131 Å². The third-order valence-corrected chi connectivity index (χ3v) is 7.40. The normalized spacial score (nSPS) is 17.9. The number of hydrogen-bond donors (Lipinski definition) is 0. The molecule has 0 bridgehead atoms. The first kappa shape index (κ1) is 16.7. The van der Waals surface area contributed by atoms with Crippen molar-refractivity contribution in [2.75, 3.05) is 32.4 Å². The first-order valence-electron chi connectivity index (χ1n) is 5.86. The molecule has 2 heterocycles. The molecule has 118 valence electrons. The molecular formula is C10H13ClN2O5S3. The van der Waals surface area contributed by atoms with E-state index in [0.717, 1.165) is 17.6 Å². The molecule has 0 unspecified atom stereocenters. The van der Waals surface area contributed by atoms with Crippen LogP contribution in [-0.2, 0) is 19.1 Å². The summed E-state index contributed by atoms with van der Waals surface area (Å²) in [5.74, 6) is -0.328. The van der Waals surface area contributed by atoms with Gasteiger partial charge in [0.15, 0.2) is 0 Å². The largest absolute Gasteiger partial charge is 0.336 e. The lowest BCUT2D eigenvalue weighted by Gasteiger charge is -2.33. The van der Waals surface area contributed by atoms with Crippen molar-refractivity contribution in [1.82, 2.24) is 9.21 Å². The van der Waals surface area contributed by atoms with Crippen molar-refractivity contribution in [3.8, 4) is 0 Å². The Kier molecular flexibility index (Phi) is 4.64. The number of carbonyl (C=O) groups excluding carboxylic acids is 1. The molecule has 0 aromatic carbocycles. The number of piperazine rings is 1. The Bertz CT molecular complexity index is 747. The molecule has 1 aromatic rings. The van der Waals surface area contributed by atoms with E-state index in [0.29, 0.717) is 0 Å². The SMILES string of the molecule is CS(=O)(=O)N1CCN(C(=O)c2csc(S(=O)(=O)Cl)c2)CC1. The molecule has 11 heteroatoms. The van der Waals surface area contributed by atoms with Gasteiger partial charge in [-0.25, -0.2) is 16.8 Å². The Balaban J connectivity index is 2.07. The van der Waals surface area contributed by atoms with Gasteiger partial charge in [-0.1, -0.05) is 0 Å². The molecule has 21 heavy (non-hydrogen) atoms. The van der Waals surface area contributed by atoms with Crippen molar-refractivity contribution in [1.29, 1.82) is 0 Å². The van der Waals surface area contributed by atoms with E-state index in [4.69, 9.17) is 10.7 Å². The van der Waals surface area contributed by atoms with Gasteiger partial charge in [0.05, 0.1) is 11.8 Å². The average molecular weight is 373 g/mol. The fourth-order valence-electron chi connectivity index (χ4n) is 1.96. The fourth-order valence-corrected chi connectivity index (χ4v) is 4.73. The molecule has 1 aliphatic heterocycles. The van der Waals surface area contributed by atoms with Crippen LogP contribution in [0, 0.1) is 0 Å². The minimum Gasteiger partial charge on any atom is -0.336 e. The van der Waals surface area contributed by atoms with Crippen LogP contribution in [-0.4, -0.2) is 64.4 Å². The lowest BCUT2D eigenvalue weighted by Crippen LogP contribution is -2.50. The molecule has 1 aliphatic rings. The molecular weight excluding hydrogens is 360 g/mol. The minimum atomic E-state index is -3.84. The lowest BCUT2D eigenvalue weighted by molar-refractivity contribution is 0.0698. The molecule has 1 fully saturated rings. The summed E-state index contributed by atoms with van der Waals surface area (Å²) in [5, 5.41) is 1.43. The highest BCUT2D eigenvalue weighted by molar-refractivity contribution is 8.15. The van der Waals surface area contributed by atoms with Crippen LogP contribution in [0.2, 0.25) is 0 Å². The van der Waals surface area contributed by atoms with E-state index in [-0.39, 0.29) is 41.9 Å². The van der Waals surface area contributed by atoms with Crippen molar-refractivity contribution in [2.24, 2.45) is 0 Å². The van der Waals surface area contributed by atoms with Gasteiger partial charge in [-0.2, -0.15) is 4.31 Å². The van der Waals surface area contributed by atoms with Crippen LogP contribution in [0.4, 0.5) is 0 Å². The molecule has 0 radical (unpaired) electrons. The third kappa shape index (κ3) is 3.95. The van der Waals surface area contributed by atoms with Crippen molar-refractivity contribution in [2.45, 2.75) is 4.21 Å². The number of carbonyl (C=O) groups is 1. The zero-order valence-electron chi connectivity index (χ0n) is 11.0. The van der Waals surface area contributed by atoms with Crippen molar-refractivity contribution in [3.05, 3.63) is 17.0 Å². The number of nitrogens with zero attached hydrogens (tertiary/aromatic N) is 2. The molecule has 0 atom stereocenters. The number of rotatable bonds is 3. The first-order chi connectivity index (χ1) is 9.59. The van der Waals surface area contributed by atoms with Crippen LogP contribution in [0.3, 0.4) is 0 Å². The summed E-state index contributed by atoms with van der Waals surface area (Å²) in [4.78, 5) is 13.7. The topological polar surface area (TPSA) is 91.8 Å². The van der Waals surface area contributed by atoms with Crippen molar-refractivity contribution < 1.29 is 21.6 Å². The molecule has 7 nitrogen and oxygen atoms in total. The van der Waals surface area contributed by atoms with Crippen LogP contribution in [0.1, 0.15) is 10.4 Å². The van der Waals surface area contributed by atoms with Gasteiger partial charge in [-0.15, -0.1) is 11.3 Å². The first-order valence-corrected chi connectivity index (χ1v) is 10.9. The van der Waals surface area contributed by atoms with Crippen LogP contribution < -0.4 is 0 Å². The average Bonchev–Trinajstić information content (AvgIpc) is 2.86. The second-order valence-corrected chi connectivity index (χ2v) is 10.2. The number of sulfonamides is 1. The molecule has 1 amide bonds. The third-order valence-electron chi connectivity index (χ3n) is 3.06. The van der Waals surface area contributed by atoms with Gasteiger partial charge in [0.25, 0.3) is 15.0 Å². The maximum absolute atomic E-state index is 12.2. The molecule has 0 aliphatic carbocycles. The monoisotopic (exact) mass is 372 g/mol. The maximum Gasteiger partial charge on any atom is 0.270 e. The summed E-state index contributed by atoms with van der Waals surface area (Å²) in [6.45, 7) is 1.00. The van der Waals surface area contributed by atoms with Gasteiger partial charge >= 0.3 is 0 Å². The molecule has 0 saturated carbocycles. The molecule has 2 rings (SSSR count). The summed E-state index contributed by atoms with van der Waals surface area (Å²) in [6, 6.07) is 1.23. The highest BCUT2D eigenvalue weighted by Gasteiger charge is 2.27. The molecule has 1 saturated heterocycles. The Morgan fingerprint density at radius 3 is 2.19 bits per heavy atom. The Morgan fingerprint density at radius 2 is 1.76 bits per heavy atom. The lowest BCUT2D eigenvalue weighted by atomic mass is 10.2. The van der Waals surface area contributed by atoms with Crippen LogP contribution in [0.15, 0.2) is 15.7 Å². The fraction of sp³-hybridized carbons (Fsp3) is 0.500. The summed E-state index contributed by atoms with van der Waals surface area (Å²) < 4.78 is 46.4. The summed E-state index contributed by atoms with van der Waals surface area (Å²) in [5.41, 5.74) is 0.243. The van der Waals surface area contributed by atoms with Crippen molar-refractivity contribution >= 4 is 47.0 Å². The van der Waals surface area contributed by atoms with E-state index in [2.05, 4.69) is 0 Å². The van der Waals surface area contributed by atoms with Crippen molar-refractivity contribution in [3.63, 3.8) is 0 Å². The second-order valence-electron chi connectivity index (χ2n) is 4.55. The maximum atomic E-state index is 12.2. The van der Waals surface area contributed by atoms with Gasteiger partial charge in [0, 0.05) is 42.2 Å². The van der Waals surface area contributed by atoms with Gasteiger partial charge in [0.2, 0.25) is 10.0 Å². The summed E-state index contributed by atoms with van der Waals surface area (Å²) in [7, 11) is -1.88. The second kappa shape index (κ2) is 5.84. The molecule has 1 aromatic heterocycles. The number of hydrogen-bond acceptors (Lipinski definition) is 6. The van der Waals surface area contributed by atoms with Gasteiger partial charge in [0.1, 0.15) is 4.21 Å². The van der Waals surface area contributed by atoms with E-state index in [9.17, 15) is 21.6 Å². The van der Waals surface area contributed by atoms with E-state index in [1.165, 1.54) is 20.7 Å². The van der Waals surface area contributed by atoms with Gasteiger partial charge in [-0.05, 0) is 6.07 Å². The van der Waals surface area contributed by atoms with E-state index in [1.54, 1.807) is 0 Å². The van der Waals surface area contributed by atoms with Crippen LogP contribution in [0.5, 0.6) is 0 Å². The van der Waals surface area contributed by atoms with Gasteiger partial charge < -0.3 is 4.90 Å². The predicted molar refractivity (Wildman–Crippen MR) is 79.7 cm³/mol. The number of amides is 1. The van der Waals surface area contributed by atoms with Crippen LogP contribution >= 0.6 is 22.0 Å². The van der Waals surface area contributed by atoms with E-state index >= 15 is 0 Å².